The molecule has 0 saturated carbocycles. The van der Waals surface area contributed by atoms with Crippen molar-refractivity contribution < 1.29 is 23.9 Å². The van der Waals surface area contributed by atoms with E-state index in [2.05, 4.69) is 0 Å². The van der Waals surface area contributed by atoms with Gasteiger partial charge in [-0.1, -0.05) is 30.3 Å². The van der Waals surface area contributed by atoms with Crippen LogP contribution in [0.2, 0.25) is 0 Å². The first-order valence-corrected chi connectivity index (χ1v) is 12.4. The molecule has 7 heteroatoms. The summed E-state index contributed by atoms with van der Waals surface area (Å²) in [6.07, 6.45) is 3.13. The number of para-hydroxylation sites is 1. The van der Waals surface area contributed by atoms with E-state index in [4.69, 9.17) is 9.47 Å². The molecule has 4 rings (SSSR count). The maximum absolute atomic E-state index is 13.2. The topological polar surface area (TPSA) is 55.8 Å². The van der Waals surface area contributed by atoms with Crippen molar-refractivity contribution >= 4 is 28.6 Å². The Labute approximate surface area is 191 Å². The van der Waals surface area contributed by atoms with E-state index in [9.17, 15) is 9.90 Å². The Kier molecular flexibility index (Phi) is 7.07. The van der Waals surface area contributed by atoms with Crippen LogP contribution in [0.5, 0.6) is 5.75 Å². The van der Waals surface area contributed by atoms with Crippen molar-refractivity contribution in [1.82, 2.24) is 0 Å². The van der Waals surface area contributed by atoms with Crippen molar-refractivity contribution in [2.75, 3.05) is 33.0 Å². The van der Waals surface area contributed by atoms with Gasteiger partial charge in [0, 0.05) is 19.3 Å². The van der Waals surface area contributed by atoms with Gasteiger partial charge in [0.25, 0.3) is 0 Å². The van der Waals surface area contributed by atoms with Gasteiger partial charge in [-0.05, 0) is 35.0 Å². The molecule has 1 aromatic carbocycles. The predicted octanol–water partition coefficient (Wildman–Crippen LogP) is 4.63. The van der Waals surface area contributed by atoms with Crippen molar-refractivity contribution in [2.24, 2.45) is 0 Å². The van der Waals surface area contributed by atoms with E-state index < -0.39 is 11.6 Å². The van der Waals surface area contributed by atoms with Crippen LogP contribution in [0, 0.1) is 0 Å². The normalized spacial score (nSPS) is 15.6. The Morgan fingerprint density at radius 3 is 2.19 bits per heavy atom. The molecule has 0 spiro atoms. The molecule has 5 nitrogen and oxygen atoms in total. The summed E-state index contributed by atoms with van der Waals surface area (Å²) in [5.41, 5.74) is -1.75. The number of benzene rings is 1. The molecule has 1 aliphatic rings. The standard InChI is InChI=1S/C24H28NO4S2/c26-23(24(27,21-11-6-17-30-21)22-12-7-18-31-22)29-19-25(13-4-5-14-25)15-8-16-28-20-9-2-1-3-10-20/h1-3,6-7,9-12,17-18,27H,4-5,8,13-16,19H2/q+1. The SMILES string of the molecule is O=C(OC[N+]1(CCCOc2ccccc2)CCCC1)C(O)(c1cccs1)c1cccs1. The second-order valence-corrected chi connectivity index (χ2v) is 9.86. The molecule has 1 N–H and O–H groups in total. The summed E-state index contributed by atoms with van der Waals surface area (Å²) in [4.78, 5) is 14.4. The van der Waals surface area contributed by atoms with E-state index >= 15 is 0 Å². The van der Waals surface area contributed by atoms with E-state index in [1.165, 1.54) is 22.7 Å². The van der Waals surface area contributed by atoms with Crippen LogP contribution in [0.15, 0.2) is 65.4 Å². The third-order valence-electron chi connectivity index (χ3n) is 5.82. The predicted molar refractivity (Wildman–Crippen MR) is 123 cm³/mol. The van der Waals surface area contributed by atoms with Gasteiger partial charge in [-0.25, -0.2) is 4.79 Å². The minimum Gasteiger partial charge on any atom is -0.493 e. The minimum absolute atomic E-state index is 0.281. The zero-order valence-electron chi connectivity index (χ0n) is 17.4. The van der Waals surface area contributed by atoms with Crippen molar-refractivity contribution in [2.45, 2.75) is 24.9 Å². The minimum atomic E-state index is -1.75. The number of ether oxygens (including phenoxy) is 2. The fraction of sp³-hybridized carbons (Fsp3) is 0.375. The summed E-state index contributed by atoms with van der Waals surface area (Å²) in [5.74, 6) is 0.279. The van der Waals surface area contributed by atoms with Crippen LogP contribution in [0.1, 0.15) is 29.0 Å². The average Bonchev–Trinajstić information content (AvgIpc) is 3.58. The maximum atomic E-state index is 13.2. The summed E-state index contributed by atoms with van der Waals surface area (Å²) in [6.45, 7) is 3.76. The maximum Gasteiger partial charge on any atom is 0.353 e. The molecule has 0 atom stereocenters. The van der Waals surface area contributed by atoms with Gasteiger partial charge in [-0.2, -0.15) is 0 Å². The molecule has 2 aromatic heterocycles. The highest BCUT2D eigenvalue weighted by Gasteiger charge is 2.45. The van der Waals surface area contributed by atoms with Gasteiger partial charge in [-0.3, -0.25) is 4.48 Å². The Bertz CT molecular complexity index is 901. The molecule has 0 amide bonds. The van der Waals surface area contributed by atoms with Crippen LogP contribution in [0.4, 0.5) is 0 Å². The van der Waals surface area contributed by atoms with Crippen LogP contribution in [0.25, 0.3) is 0 Å². The van der Waals surface area contributed by atoms with E-state index in [1.54, 1.807) is 12.1 Å². The molecule has 0 radical (unpaired) electrons. The number of thiophene rings is 2. The van der Waals surface area contributed by atoms with E-state index in [0.717, 1.165) is 49.1 Å². The number of carbonyl (C=O) groups excluding carboxylic acids is 1. The first kappa shape index (κ1) is 22.0. The van der Waals surface area contributed by atoms with Gasteiger partial charge in [0.1, 0.15) is 5.75 Å². The number of hydrogen-bond acceptors (Lipinski definition) is 6. The lowest BCUT2D eigenvalue weighted by Crippen LogP contribution is -2.50. The zero-order chi connectivity index (χ0) is 21.6. The molecule has 31 heavy (non-hydrogen) atoms. The van der Waals surface area contributed by atoms with Crippen LogP contribution in [-0.4, -0.2) is 48.5 Å². The smallest absolute Gasteiger partial charge is 0.353 e. The molecule has 0 unspecified atom stereocenters. The Hall–Kier alpha value is -2.19. The van der Waals surface area contributed by atoms with Gasteiger partial charge in [-0.15, -0.1) is 22.7 Å². The van der Waals surface area contributed by atoms with Crippen LogP contribution >= 0.6 is 22.7 Å². The first-order valence-electron chi connectivity index (χ1n) is 10.6. The summed E-state index contributed by atoms with van der Waals surface area (Å²) >= 11 is 2.73. The van der Waals surface area contributed by atoms with Crippen LogP contribution in [0.3, 0.4) is 0 Å². The fourth-order valence-electron chi connectivity index (χ4n) is 4.12. The fourth-order valence-corrected chi connectivity index (χ4v) is 5.84. The molecular weight excluding hydrogens is 430 g/mol. The van der Waals surface area contributed by atoms with E-state index in [-0.39, 0.29) is 6.73 Å². The van der Waals surface area contributed by atoms with Gasteiger partial charge >= 0.3 is 5.97 Å². The number of aliphatic hydroxyl groups is 1. The van der Waals surface area contributed by atoms with E-state index in [0.29, 0.717) is 16.4 Å². The van der Waals surface area contributed by atoms with Crippen molar-refractivity contribution in [1.29, 1.82) is 0 Å². The third-order valence-corrected chi connectivity index (χ3v) is 7.78. The Balaban J connectivity index is 1.38. The first-order chi connectivity index (χ1) is 15.1. The molecule has 164 valence electrons. The largest absolute Gasteiger partial charge is 0.493 e. The molecule has 3 aromatic rings. The number of carbonyl (C=O) groups is 1. The Morgan fingerprint density at radius 1 is 0.968 bits per heavy atom. The number of nitrogens with zero attached hydrogens (tertiary/aromatic N) is 1. The quantitative estimate of drug-likeness (QED) is 0.274. The average molecular weight is 459 g/mol. The van der Waals surface area contributed by atoms with Crippen molar-refractivity contribution in [3.63, 3.8) is 0 Å². The lowest BCUT2D eigenvalue weighted by Gasteiger charge is -2.34. The summed E-state index contributed by atoms with van der Waals surface area (Å²) in [6, 6.07) is 17.1. The highest BCUT2D eigenvalue weighted by atomic mass is 32.1. The molecule has 1 fully saturated rings. The number of esters is 1. The second kappa shape index (κ2) is 9.96. The van der Waals surface area contributed by atoms with Gasteiger partial charge in [0.15, 0.2) is 0 Å². The van der Waals surface area contributed by atoms with Gasteiger partial charge in [0.05, 0.1) is 36.0 Å². The van der Waals surface area contributed by atoms with Gasteiger partial charge < -0.3 is 14.6 Å². The van der Waals surface area contributed by atoms with Crippen LogP contribution in [-0.2, 0) is 15.1 Å². The molecule has 0 aliphatic carbocycles. The lowest BCUT2D eigenvalue weighted by molar-refractivity contribution is -0.932. The highest BCUT2D eigenvalue weighted by Crippen LogP contribution is 2.37. The lowest BCUT2D eigenvalue weighted by atomic mass is 10.0. The van der Waals surface area contributed by atoms with Crippen molar-refractivity contribution in [3.05, 3.63) is 75.1 Å². The second-order valence-electron chi connectivity index (χ2n) is 7.96. The summed E-state index contributed by atoms with van der Waals surface area (Å²) in [5, 5.41) is 15.1. The molecule has 1 saturated heterocycles. The molecule has 1 aliphatic heterocycles. The summed E-state index contributed by atoms with van der Waals surface area (Å²) < 4.78 is 12.4. The number of hydrogen-bond donors (Lipinski definition) is 1. The summed E-state index contributed by atoms with van der Waals surface area (Å²) in [7, 11) is 0. The molecule has 0 bridgehead atoms. The van der Waals surface area contributed by atoms with E-state index in [1.807, 2.05) is 53.2 Å². The monoisotopic (exact) mass is 458 g/mol. The number of rotatable bonds is 10. The Morgan fingerprint density at radius 2 is 1.61 bits per heavy atom. The number of likely N-dealkylation sites (tertiary alicyclic amines) is 1. The zero-order valence-corrected chi connectivity index (χ0v) is 19.1. The number of quaternary nitrogens is 1. The molecule has 3 heterocycles. The van der Waals surface area contributed by atoms with Crippen LogP contribution < -0.4 is 4.74 Å². The third kappa shape index (κ3) is 5.01. The van der Waals surface area contributed by atoms with Crippen molar-refractivity contribution in [3.8, 4) is 5.75 Å². The van der Waals surface area contributed by atoms with Gasteiger partial charge in [0.2, 0.25) is 12.3 Å². The molecular formula is C24H28NO4S2+. The highest BCUT2D eigenvalue weighted by molar-refractivity contribution is 7.12.